The highest BCUT2D eigenvalue weighted by Crippen LogP contribution is 2.37. The number of carbonyl (C=O) groups is 2. The first-order valence-electron chi connectivity index (χ1n) is 10.6. The van der Waals surface area contributed by atoms with Crippen molar-refractivity contribution in [3.63, 3.8) is 0 Å². The van der Waals surface area contributed by atoms with Crippen LogP contribution in [0.4, 0.5) is 5.69 Å². The van der Waals surface area contributed by atoms with E-state index in [1.54, 1.807) is 37.6 Å². The van der Waals surface area contributed by atoms with E-state index < -0.39 is 11.9 Å². The molecule has 34 heavy (non-hydrogen) atoms. The van der Waals surface area contributed by atoms with Gasteiger partial charge in [0.1, 0.15) is 10.6 Å². The second-order valence-corrected chi connectivity index (χ2v) is 8.63. The van der Waals surface area contributed by atoms with Gasteiger partial charge in [-0.15, -0.1) is 0 Å². The van der Waals surface area contributed by atoms with Crippen molar-refractivity contribution in [2.45, 2.75) is 25.4 Å². The highest BCUT2D eigenvalue weighted by molar-refractivity contribution is 8.02. The lowest BCUT2D eigenvalue weighted by Gasteiger charge is -2.12. The third kappa shape index (κ3) is 6.59. The lowest BCUT2D eigenvalue weighted by molar-refractivity contribution is -0.137. The Hall–Kier alpha value is -2.87. The molecule has 0 unspecified atom stereocenters. The van der Waals surface area contributed by atoms with Gasteiger partial charge in [0.05, 0.1) is 28.9 Å². The molecule has 0 spiro atoms. The minimum atomic E-state index is -0.454. The molecular weight excluding hydrogens is 495 g/mol. The monoisotopic (exact) mass is 518 g/mol. The molecule has 1 heterocycles. The van der Waals surface area contributed by atoms with Crippen molar-refractivity contribution in [2.24, 2.45) is 0 Å². The Balaban J connectivity index is 2.04. The Morgan fingerprint density at radius 1 is 1.03 bits per heavy atom. The first kappa shape index (κ1) is 25.7. The van der Waals surface area contributed by atoms with Crippen molar-refractivity contribution in [3.8, 4) is 5.69 Å². The standard InChI is InChI=1S/C25H24Cl2N2O4S/c1-3-32-22(30)12-13-34-24-23(28-15-17-10-11-20(26)21(27)14-17)19(25(31)33-4-2)16-29(24)18-8-6-5-7-9-18/h5-14,16,28H,3-4,15H2,1-2H3/b13-12+. The lowest BCUT2D eigenvalue weighted by Crippen LogP contribution is -2.08. The Bertz CT molecular complexity index is 1180. The summed E-state index contributed by atoms with van der Waals surface area (Å²) in [5, 5.41) is 6.59. The van der Waals surface area contributed by atoms with Gasteiger partial charge in [0.15, 0.2) is 0 Å². The molecule has 3 aromatic rings. The van der Waals surface area contributed by atoms with Gasteiger partial charge in [-0.1, -0.05) is 59.2 Å². The third-order valence-corrected chi connectivity index (χ3v) is 6.25. The third-order valence-electron chi connectivity index (χ3n) is 4.61. The SMILES string of the molecule is CCOC(=O)/C=C/Sc1c(NCc2ccc(Cl)c(Cl)c2)c(C(=O)OCC)cn1-c1ccccc1. The molecule has 9 heteroatoms. The van der Waals surface area contributed by atoms with Crippen LogP contribution < -0.4 is 5.32 Å². The normalized spacial score (nSPS) is 10.9. The van der Waals surface area contributed by atoms with Crippen molar-refractivity contribution in [1.82, 2.24) is 4.57 Å². The summed E-state index contributed by atoms with van der Waals surface area (Å²) < 4.78 is 12.1. The predicted molar refractivity (Wildman–Crippen MR) is 137 cm³/mol. The molecule has 6 nitrogen and oxygen atoms in total. The van der Waals surface area contributed by atoms with Crippen LogP contribution in [0.5, 0.6) is 0 Å². The number of ether oxygens (including phenoxy) is 2. The smallest absolute Gasteiger partial charge is 0.341 e. The molecule has 0 saturated heterocycles. The van der Waals surface area contributed by atoms with Crippen LogP contribution in [0.1, 0.15) is 29.8 Å². The van der Waals surface area contributed by atoms with Gasteiger partial charge in [-0.3, -0.25) is 0 Å². The van der Waals surface area contributed by atoms with E-state index in [-0.39, 0.29) is 13.2 Å². The minimum Gasteiger partial charge on any atom is -0.463 e. The molecule has 1 aromatic heterocycles. The summed E-state index contributed by atoms with van der Waals surface area (Å²) in [5.41, 5.74) is 2.68. The number of halogens is 2. The van der Waals surface area contributed by atoms with Gasteiger partial charge < -0.3 is 19.4 Å². The first-order chi connectivity index (χ1) is 16.4. The zero-order chi connectivity index (χ0) is 24.5. The number of para-hydroxylation sites is 1. The second kappa shape index (κ2) is 12.6. The van der Waals surface area contributed by atoms with Crippen molar-refractivity contribution >= 4 is 52.6 Å². The highest BCUT2D eigenvalue weighted by Gasteiger charge is 2.23. The highest BCUT2D eigenvalue weighted by atomic mass is 35.5. The molecule has 0 aliphatic carbocycles. The first-order valence-corrected chi connectivity index (χ1v) is 12.2. The van der Waals surface area contributed by atoms with Crippen LogP contribution in [-0.4, -0.2) is 29.7 Å². The van der Waals surface area contributed by atoms with Gasteiger partial charge >= 0.3 is 11.9 Å². The Labute approximate surface area is 212 Å². The van der Waals surface area contributed by atoms with Gasteiger partial charge in [-0.2, -0.15) is 0 Å². The van der Waals surface area contributed by atoms with Crippen LogP contribution in [0.2, 0.25) is 10.0 Å². The average molecular weight is 519 g/mol. The van der Waals surface area contributed by atoms with Crippen molar-refractivity contribution < 1.29 is 19.1 Å². The van der Waals surface area contributed by atoms with Crippen molar-refractivity contribution in [3.05, 3.63) is 87.4 Å². The summed E-state index contributed by atoms with van der Waals surface area (Å²) in [7, 11) is 0. The van der Waals surface area contributed by atoms with E-state index in [1.165, 1.54) is 17.8 Å². The number of rotatable bonds is 10. The van der Waals surface area contributed by atoms with E-state index in [0.29, 0.717) is 32.9 Å². The summed E-state index contributed by atoms with van der Waals surface area (Å²) >= 11 is 13.5. The fourth-order valence-electron chi connectivity index (χ4n) is 3.10. The molecule has 0 saturated carbocycles. The molecule has 0 aliphatic rings. The second-order valence-electron chi connectivity index (χ2n) is 6.92. The fraction of sp³-hybridized carbons (Fsp3) is 0.200. The summed E-state index contributed by atoms with van der Waals surface area (Å²) in [5.74, 6) is -0.895. The van der Waals surface area contributed by atoms with E-state index in [0.717, 1.165) is 11.3 Å². The summed E-state index contributed by atoms with van der Waals surface area (Å²) in [6.45, 7) is 4.42. The summed E-state index contributed by atoms with van der Waals surface area (Å²) in [6.07, 6.45) is 3.08. The quantitative estimate of drug-likeness (QED) is 0.182. The minimum absolute atomic E-state index is 0.243. The molecule has 0 bridgehead atoms. The maximum Gasteiger partial charge on any atom is 0.341 e. The lowest BCUT2D eigenvalue weighted by atomic mass is 10.2. The molecule has 1 N–H and O–H groups in total. The topological polar surface area (TPSA) is 69.6 Å². The zero-order valence-electron chi connectivity index (χ0n) is 18.7. The molecular formula is C25H24Cl2N2O4S. The molecule has 0 fully saturated rings. The molecule has 0 radical (unpaired) electrons. The number of benzene rings is 2. The number of carbonyl (C=O) groups excluding carboxylic acids is 2. The number of hydrogen-bond donors (Lipinski definition) is 1. The predicted octanol–water partition coefficient (Wildman–Crippen LogP) is 6.74. The summed E-state index contributed by atoms with van der Waals surface area (Å²) in [6, 6.07) is 14.9. The fourth-order valence-corrected chi connectivity index (χ4v) is 4.30. The van der Waals surface area contributed by atoms with Gasteiger partial charge in [0, 0.05) is 24.5 Å². The van der Waals surface area contributed by atoms with Gasteiger partial charge in [-0.05, 0) is 49.1 Å². The Kier molecular flexibility index (Phi) is 9.51. The van der Waals surface area contributed by atoms with Gasteiger partial charge in [-0.25, -0.2) is 9.59 Å². The Morgan fingerprint density at radius 3 is 2.44 bits per heavy atom. The average Bonchev–Trinajstić information content (AvgIpc) is 3.19. The molecule has 0 atom stereocenters. The van der Waals surface area contributed by atoms with E-state index >= 15 is 0 Å². The molecule has 0 amide bonds. The van der Waals surface area contributed by atoms with Gasteiger partial charge in [0.2, 0.25) is 0 Å². The van der Waals surface area contributed by atoms with Crippen molar-refractivity contribution in [1.29, 1.82) is 0 Å². The molecule has 3 rings (SSSR count). The number of anilines is 1. The van der Waals surface area contributed by atoms with E-state index in [9.17, 15) is 9.59 Å². The Morgan fingerprint density at radius 2 is 1.76 bits per heavy atom. The number of aromatic nitrogens is 1. The number of thioether (sulfide) groups is 1. The van der Waals surface area contributed by atoms with Crippen LogP contribution in [0.3, 0.4) is 0 Å². The maximum absolute atomic E-state index is 12.8. The van der Waals surface area contributed by atoms with Crippen LogP contribution in [0.15, 0.2) is 71.2 Å². The van der Waals surface area contributed by atoms with Crippen molar-refractivity contribution in [2.75, 3.05) is 18.5 Å². The maximum atomic E-state index is 12.8. The van der Waals surface area contributed by atoms with E-state index in [4.69, 9.17) is 32.7 Å². The zero-order valence-corrected chi connectivity index (χ0v) is 21.0. The van der Waals surface area contributed by atoms with Crippen LogP contribution in [0, 0.1) is 0 Å². The summed E-state index contributed by atoms with van der Waals surface area (Å²) in [4.78, 5) is 24.6. The molecule has 0 aliphatic heterocycles. The number of nitrogens with zero attached hydrogens (tertiary/aromatic N) is 1. The number of nitrogens with one attached hydrogen (secondary N) is 1. The van der Waals surface area contributed by atoms with E-state index in [1.807, 2.05) is 41.0 Å². The van der Waals surface area contributed by atoms with Crippen LogP contribution in [-0.2, 0) is 20.8 Å². The number of esters is 2. The van der Waals surface area contributed by atoms with Crippen LogP contribution >= 0.6 is 35.0 Å². The number of hydrogen-bond acceptors (Lipinski definition) is 6. The van der Waals surface area contributed by atoms with E-state index in [2.05, 4.69) is 5.32 Å². The van der Waals surface area contributed by atoms with Crippen LogP contribution in [0.25, 0.3) is 5.69 Å². The van der Waals surface area contributed by atoms with Gasteiger partial charge in [0.25, 0.3) is 0 Å². The molecule has 2 aromatic carbocycles. The molecule has 178 valence electrons. The largest absolute Gasteiger partial charge is 0.463 e.